The smallest absolute Gasteiger partial charge is 0.409 e. The van der Waals surface area contributed by atoms with Crippen LogP contribution in [0.2, 0.25) is 0 Å². The lowest BCUT2D eigenvalue weighted by Gasteiger charge is -2.46. The lowest BCUT2D eigenvalue weighted by atomic mass is 10.2. The second kappa shape index (κ2) is 18.2. The Kier molecular flexibility index (Phi) is 18.5. The molecule has 0 aromatic heterocycles. The zero-order valence-corrected chi connectivity index (χ0v) is 21.4. The monoisotopic (exact) mass is 447 g/mol. The Morgan fingerprint density at radius 1 is 0.679 bits per heavy atom. The van der Waals surface area contributed by atoms with Gasteiger partial charge in [0.1, 0.15) is 0 Å². The molecule has 6 nitrogen and oxygen atoms in total. The summed E-state index contributed by atoms with van der Waals surface area (Å²) < 4.78 is 35.9. The Morgan fingerprint density at radius 2 is 1.07 bits per heavy atom. The van der Waals surface area contributed by atoms with Crippen LogP contribution >= 0.6 is 0 Å². The highest BCUT2D eigenvalue weighted by molar-refractivity contribution is 6.43. The van der Waals surface area contributed by atoms with Crippen molar-refractivity contribution in [2.45, 2.75) is 97.2 Å². The second-order valence-electron chi connectivity index (χ2n) is 6.76. The van der Waals surface area contributed by atoms with Gasteiger partial charge in [-0.2, -0.15) is 0 Å². The summed E-state index contributed by atoms with van der Waals surface area (Å²) in [7, 11) is 2.69. The van der Waals surface area contributed by atoms with Crippen LogP contribution in [0.4, 0.5) is 0 Å². The Hall–Kier alpha value is 0.411. The van der Waals surface area contributed by atoms with Crippen LogP contribution in [0.1, 0.15) is 86.0 Å². The maximum atomic E-state index is 6.34. The molecule has 0 unspecified atom stereocenters. The van der Waals surface area contributed by atoms with Crippen molar-refractivity contribution in [1.29, 1.82) is 0 Å². The molecule has 0 N–H and O–H groups in total. The van der Waals surface area contributed by atoms with Gasteiger partial charge in [-0.25, -0.2) is 0 Å². The summed E-state index contributed by atoms with van der Waals surface area (Å²) in [6.45, 7) is 12.7. The Labute approximate surface area is 181 Å². The number of hydrogen-bond acceptors (Lipinski definition) is 6. The van der Waals surface area contributed by atoms with Gasteiger partial charge in [0.05, 0.1) is 13.2 Å². The maximum Gasteiger partial charge on any atom is 0.409 e. The normalized spacial score (nSPS) is 12.6. The van der Waals surface area contributed by atoms with Crippen LogP contribution in [-0.2, 0) is 27.2 Å². The van der Waals surface area contributed by atoms with Crippen molar-refractivity contribution >= 4 is 30.3 Å². The molecule has 0 bridgehead atoms. The van der Waals surface area contributed by atoms with E-state index in [1.807, 2.05) is 6.92 Å². The van der Waals surface area contributed by atoms with E-state index < -0.39 is 11.2 Å². The van der Waals surface area contributed by atoms with Crippen LogP contribution < -0.4 is 0 Å². The van der Waals surface area contributed by atoms with Crippen molar-refractivity contribution in [2.24, 2.45) is 0 Å². The molecule has 0 amide bonds. The Balaban J connectivity index is 5.63. The van der Waals surface area contributed by atoms with E-state index in [0.29, 0.717) is 26.4 Å². The van der Waals surface area contributed by atoms with Crippen molar-refractivity contribution in [2.75, 3.05) is 26.4 Å². The topological polar surface area (TPSA) is 55.4 Å². The van der Waals surface area contributed by atoms with E-state index in [-0.39, 0.29) is 19.8 Å². The van der Waals surface area contributed by atoms with Gasteiger partial charge < -0.3 is 27.2 Å². The Morgan fingerprint density at radius 3 is 1.43 bits per heavy atom. The number of hydrogen-bond donors (Lipinski definition) is 0. The van der Waals surface area contributed by atoms with Crippen molar-refractivity contribution in [1.82, 2.24) is 0 Å². The largest absolute Gasteiger partial charge is 0.435 e. The SMILES string of the molecule is CCCCOC(C)(OCCCC)C(OCCCC)(OCCCC)[Si]O[Si]O[Si]. The quantitative estimate of drug-likeness (QED) is 0.151. The van der Waals surface area contributed by atoms with Crippen LogP contribution in [0, 0.1) is 0 Å². The third-order valence-electron chi connectivity index (χ3n) is 4.22. The molecule has 0 aliphatic rings. The van der Waals surface area contributed by atoms with E-state index in [1.165, 1.54) is 0 Å². The third-order valence-corrected chi connectivity index (χ3v) is 6.31. The van der Waals surface area contributed by atoms with E-state index in [1.54, 1.807) is 0 Å². The highest BCUT2D eigenvalue weighted by atomic mass is 28.3. The highest BCUT2D eigenvalue weighted by Crippen LogP contribution is 2.34. The summed E-state index contributed by atoms with van der Waals surface area (Å²) in [6, 6.07) is 0. The molecule has 7 radical (unpaired) electrons. The molecule has 0 aromatic carbocycles. The van der Waals surface area contributed by atoms with Gasteiger partial charge in [0.2, 0.25) is 21.7 Å². The summed E-state index contributed by atoms with van der Waals surface area (Å²) in [4.78, 5) is 0. The van der Waals surface area contributed by atoms with Crippen molar-refractivity contribution in [3.05, 3.63) is 0 Å². The van der Waals surface area contributed by atoms with Crippen molar-refractivity contribution in [3.8, 4) is 0 Å². The van der Waals surface area contributed by atoms with Crippen molar-refractivity contribution in [3.63, 3.8) is 0 Å². The molecule has 28 heavy (non-hydrogen) atoms. The molecule has 0 aromatic rings. The number of rotatable bonds is 21. The molecule has 0 aliphatic carbocycles. The summed E-state index contributed by atoms with van der Waals surface area (Å²) in [6.07, 6.45) is 7.91. The molecule has 0 fully saturated rings. The minimum absolute atomic E-state index is 0.140. The van der Waals surface area contributed by atoms with E-state index in [2.05, 4.69) is 38.2 Å². The lowest BCUT2D eigenvalue weighted by Crippen LogP contribution is -2.64. The Bertz CT molecular complexity index is 313. The molecular formula is C19H39O6Si3. The van der Waals surface area contributed by atoms with Gasteiger partial charge in [-0.1, -0.05) is 53.4 Å². The molecule has 0 spiro atoms. The predicted octanol–water partition coefficient (Wildman–Crippen LogP) is 3.89. The molecule has 0 aliphatic heterocycles. The van der Waals surface area contributed by atoms with Gasteiger partial charge in [-0.3, -0.25) is 0 Å². The van der Waals surface area contributed by atoms with Crippen LogP contribution in [0.3, 0.4) is 0 Å². The predicted molar refractivity (Wildman–Crippen MR) is 114 cm³/mol. The van der Waals surface area contributed by atoms with Gasteiger partial charge in [-0.15, -0.1) is 0 Å². The number of unbranched alkanes of at least 4 members (excludes halogenated alkanes) is 4. The molecule has 0 rings (SSSR count). The lowest BCUT2D eigenvalue weighted by molar-refractivity contribution is -0.372. The first-order valence-electron chi connectivity index (χ1n) is 10.6. The first-order valence-corrected chi connectivity index (χ1v) is 12.7. The maximum absolute atomic E-state index is 6.34. The average molecular weight is 448 g/mol. The van der Waals surface area contributed by atoms with Crippen molar-refractivity contribution < 1.29 is 27.2 Å². The van der Waals surface area contributed by atoms with Gasteiger partial charge in [-0.05, 0) is 32.6 Å². The van der Waals surface area contributed by atoms with Gasteiger partial charge in [0.25, 0.3) is 0 Å². The molecule has 0 saturated carbocycles. The van der Waals surface area contributed by atoms with Gasteiger partial charge in [0, 0.05) is 13.2 Å². The fraction of sp³-hybridized carbons (Fsp3) is 1.00. The standard InChI is InChI=1S/C19H39O6Si3/c1-6-10-14-20-18(5,21-15-11-7-2)19(22-16-12-8-3,23-17-13-9-4)27-25-28-24-26/h6-17H2,1-5H3. The van der Waals surface area contributed by atoms with Crippen LogP contribution in [0.5, 0.6) is 0 Å². The highest BCUT2D eigenvalue weighted by Gasteiger charge is 2.55. The molecule has 0 saturated heterocycles. The molecule has 0 heterocycles. The molecule has 0 atom stereocenters. The van der Waals surface area contributed by atoms with Gasteiger partial charge >= 0.3 is 19.8 Å². The van der Waals surface area contributed by atoms with E-state index in [4.69, 9.17) is 27.2 Å². The average Bonchev–Trinajstić information content (AvgIpc) is 2.68. The minimum Gasteiger partial charge on any atom is -0.435 e. The first kappa shape index (κ1) is 28.4. The van der Waals surface area contributed by atoms with Crippen LogP contribution in [-0.4, -0.2) is 67.9 Å². The van der Waals surface area contributed by atoms with Crippen LogP contribution in [0.15, 0.2) is 0 Å². The fourth-order valence-electron chi connectivity index (χ4n) is 2.34. The van der Waals surface area contributed by atoms with Crippen LogP contribution in [0.25, 0.3) is 0 Å². The van der Waals surface area contributed by atoms with E-state index >= 15 is 0 Å². The zero-order chi connectivity index (χ0) is 21.1. The molecular weight excluding hydrogens is 408 g/mol. The third kappa shape index (κ3) is 11.0. The van der Waals surface area contributed by atoms with E-state index in [0.717, 1.165) is 51.4 Å². The molecule has 163 valence electrons. The number of ether oxygens (including phenoxy) is 4. The summed E-state index contributed by atoms with van der Waals surface area (Å²) in [5, 5.41) is 0. The summed E-state index contributed by atoms with van der Waals surface area (Å²) >= 11 is 0. The van der Waals surface area contributed by atoms with E-state index in [9.17, 15) is 0 Å². The minimum atomic E-state index is -1.13. The zero-order valence-electron chi connectivity index (χ0n) is 18.4. The summed E-state index contributed by atoms with van der Waals surface area (Å²) in [5.74, 6) is -1.06. The van der Waals surface area contributed by atoms with Gasteiger partial charge in [0.15, 0.2) is 0 Å². The fourth-order valence-corrected chi connectivity index (χ4v) is 4.24. The second-order valence-corrected chi connectivity index (χ2v) is 9.42. The summed E-state index contributed by atoms with van der Waals surface area (Å²) in [5.41, 5.74) is -1.13. The molecule has 9 heteroatoms. The first-order chi connectivity index (χ1) is 13.6.